The molecule has 0 saturated heterocycles. The van der Waals surface area contributed by atoms with Crippen molar-refractivity contribution in [2.45, 2.75) is 41.0 Å². The molecule has 2 aromatic rings. The molecule has 0 aliphatic carbocycles. The van der Waals surface area contributed by atoms with E-state index in [0.29, 0.717) is 6.42 Å². The minimum atomic E-state index is -0.103. The van der Waals surface area contributed by atoms with Gasteiger partial charge < -0.3 is 5.32 Å². The van der Waals surface area contributed by atoms with Crippen LogP contribution >= 0.6 is 11.3 Å². The molecular formula is C15H22N4OS. The number of hydrogen-bond donors (Lipinski definition) is 1. The second-order valence-electron chi connectivity index (χ2n) is 5.51. The van der Waals surface area contributed by atoms with Crippen LogP contribution in [0.3, 0.4) is 0 Å². The van der Waals surface area contributed by atoms with Gasteiger partial charge in [-0.15, -0.1) is 11.3 Å². The van der Waals surface area contributed by atoms with Crippen LogP contribution in [0.2, 0.25) is 0 Å². The smallest absolute Gasteiger partial charge is 0.228 e. The second-order valence-corrected chi connectivity index (χ2v) is 6.72. The first kappa shape index (κ1) is 15.7. The van der Waals surface area contributed by atoms with Crippen molar-refractivity contribution >= 4 is 22.2 Å². The minimum absolute atomic E-state index is 0.0319. The highest BCUT2D eigenvalue weighted by Crippen LogP contribution is 2.24. The molecule has 114 valence electrons. The van der Waals surface area contributed by atoms with Gasteiger partial charge in [-0.2, -0.15) is 5.10 Å². The lowest BCUT2D eigenvalue weighted by atomic mass is 9.99. The Bertz CT molecular complexity index is 672. The minimum Gasteiger partial charge on any atom is -0.316 e. The van der Waals surface area contributed by atoms with Gasteiger partial charge in [0.05, 0.1) is 16.4 Å². The zero-order chi connectivity index (χ0) is 15.7. The molecule has 0 fully saturated rings. The van der Waals surface area contributed by atoms with Crippen molar-refractivity contribution in [3.8, 4) is 0 Å². The number of anilines is 1. The lowest BCUT2D eigenvalue weighted by Gasteiger charge is -2.12. The predicted molar refractivity (Wildman–Crippen MR) is 85.8 cm³/mol. The molecule has 0 bridgehead atoms. The number of carbonyl (C=O) groups is 1. The molecule has 1 N–H and O–H groups in total. The van der Waals surface area contributed by atoms with Gasteiger partial charge in [0, 0.05) is 18.7 Å². The fourth-order valence-electron chi connectivity index (χ4n) is 2.39. The van der Waals surface area contributed by atoms with Gasteiger partial charge in [0.25, 0.3) is 0 Å². The van der Waals surface area contributed by atoms with Crippen LogP contribution in [0.4, 0.5) is 5.00 Å². The van der Waals surface area contributed by atoms with E-state index in [1.807, 2.05) is 46.3 Å². The van der Waals surface area contributed by atoms with Crippen molar-refractivity contribution in [3.05, 3.63) is 27.7 Å². The standard InChI is InChI=1S/C15H22N4OS/c1-8(7-13-9(2)18-19(6)11(13)4)14(20)17-15-10(3)16-12(5)21-15/h8H,7H2,1-6H3,(H,17,20)/t8-/m1/s1. The molecular weight excluding hydrogens is 284 g/mol. The summed E-state index contributed by atoms with van der Waals surface area (Å²) in [6.07, 6.45) is 0.703. The highest BCUT2D eigenvalue weighted by Gasteiger charge is 2.19. The van der Waals surface area contributed by atoms with E-state index in [2.05, 4.69) is 15.4 Å². The second kappa shape index (κ2) is 5.97. The maximum Gasteiger partial charge on any atom is 0.228 e. The van der Waals surface area contributed by atoms with Gasteiger partial charge in [-0.1, -0.05) is 6.92 Å². The summed E-state index contributed by atoms with van der Waals surface area (Å²) in [5.41, 5.74) is 4.17. The van der Waals surface area contributed by atoms with Crippen LogP contribution in [0.15, 0.2) is 0 Å². The van der Waals surface area contributed by atoms with Gasteiger partial charge in [0.2, 0.25) is 5.91 Å². The zero-order valence-electron chi connectivity index (χ0n) is 13.4. The van der Waals surface area contributed by atoms with Gasteiger partial charge >= 0.3 is 0 Å². The molecule has 0 unspecified atom stereocenters. The van der Waals surface area contributed by atoms with Crippen molar-refractivity contribution in [3.63, 3.8) is 0 Å². The molecule has 0 spiro atoms. The molecule has 0 aliphatic rings. The van der Waals surface area contributed by atoms with E-state index in [0.717, 1.165) is 32.7 Å². The predicted octanol–water partition coefficient (Wildman–Crippen LogP) is 2.93. The van der Waals surface area contributed by atoms with Crippen LogP contribution in [0.25, 0.3) is 0 Å². The third-order valence-electron chi connectivity index (χ3n) is 3.76. The van der Waals surface area contributed by atoms with E-state index < -0.39 is 0 Å². The summed E-state index contributed by atoms with van der Waals surface area (Å²) in [4.78, 5) is 16.7. The summed E-state index contributed by atoms with van der Waals surface area (Å²) >= 11 is 1.52. The Kier molecular flexibility index (Phi) is 4.46. The Morgan fingerprint density at radius 1 is 1.29 bits per heavy atom. The highest BCUT2D eigenvalue weighted by molar-refractivity contribution is 7.16. The normalized spacial score (nSPS) is 12.5. The number of aryl methyl sites for hydroxylation is 4. The van der Waals surface area contributed by atoms with Crippen molar-refractivity contribution in [2.24, 2.45) is 13.0 Å². The third kappa shape index (κ3) is 3.32. The average molecular weight is 306 g/mol. The molecule has 0 saturated carbocycles. The maximum absolute atomic E-state index is 12.3. The first-order chi connectivity index (χ1) is 9.79. The number of amides is 1. The van der Waals surface area contributed by atoms with Crippen molar-refractivity contribution < 1.29 is 4.79 Å². The fraction of sp³-hybridized carbons (Fsp3) is 0.533. The first-order valence-corrected chi connectivity index (χ1v) is 7.85. The molecule has 2 heterocycles. The molecule has 2 rings (SSSR count). The molecule has 1 atom stereocenters. The molecule has 0 aromatic carbocycles. The number of aromatic nitrogens is 3. The van der Waals surface area contributed by atoms with Crippen LogP contribution < -0.4 is 5.32 Å². The Balaban J connectivity index is 2.08. The van der Waals surface area contributed by atoms with Gasteiger partial charge in [0.15, 0.2) is 0 Å². The summed E-state index contributed by atoms with van der Waals surface area (Å²) in [5, 5.41) is 9.21. The highest BCUT2D eigenvalue weighted by atomic mass is 32.1. The molecule has 2 aromatic heterocycles. The van der Waals surface area contributed by atoms with Crippen molar-refractivity contribution in [1.82, 2.24) is 14.8 Å². The summed E-state index contributed by atoms with van der Waals surface area (Å²) in [5.74, 6) is -0.0715. The van der Waals surface area contributed by atoms with E-state index in [1.165, 1.54) is 11.3 Å². The fourth-order valence-corrected chi connectivity index (χ4v) is 3.22. The van der Waals surface area contributed by atoms with E-state index in [-0.39, 0.29) is 11.8 Å². The SMILES string of the molecule is Cc1nc(C)c(NC(=O)[C@H](C)Cc2c(C)nn(C)c2C)s1. The number of nitrogens with zero attached hydrogens (tertiary/aromatic N) is 3. The monoisotopic (exact) mass is 306 g/mol. The molecule has 0 aliphatic heterocycles. The first-order valence-electron chi connectivity index (χ1n) is 7.03. The van der Waals surface area contributed by atoms with Crippen LogP contribution in [-0.2, 0) is 18.3 Å². The van der Waals surface area contributed by atoms with Gasteiger partial charge in [0.1, 0.15) is 5.00 Å². The molecule has 5 nitrogen and oxygen atoms in total. The summed E-state index contributed by atoms with van der Waals surface area (Å²) in [7, 11) is 1.93. The van der Waals surface area contributed by atoms with Crippen LogP contribution in [0.1, 0.15) is 34.6 Å². The maximum atomic E-state index is 12.3. The molecule has 6 heteroatoms. The summed E-state index contributed by atoms with van der Waals surface area (Å²) in [6, 6.07) is 0. The molecule has 21 heavy (non-hydrogen) atoms. The van der Waals surface area contributed by atoms with E-state index in [1.54, 1.807) is 0 Å². The number of thiazole rings is 1. The van der Waals surface area contributed by atoms with E-state index in [9.17, 15) is 4.79 Å². The Morgan fingerprint density at radius 2 is 1.95 bits per heavy atom. The Morgan fingerprint density at radius 3 is 2.43 bits per heavy atom. The number of carbonyl (C=O) groups excluding carboxylic acids is 1. The van der Waals surface area contributed by atoms with E-state index >= 15 is 0 Å². The van der Waals surface area contributed by atoms with Crippen LogP contribution in [0, 0.1) is 33.6 Å². The lowest BCUT2D eigenvalue weighted by Crippen LogP contribution is -2.22. The Hall–Kier alpha value is -1.69. The summed E-state index contributed by atoms with van der Waals surface area (Å²) in [6.45, 7) is 9.84. The van der Waals surface area contributed by atoms with Gasteiger partial charge in [-0.3, -0.25) is 9.48 Å². The molecule has 1 amide bonds. The topological polar surface area (TPSA) is 59.8 Å². The van der Waals surface area contributed by atoms with Crippen molar-refractivity contribution in [1.29, 1.82) is 0 Å². The average Bonchev–Trinajstić information content (AvgIpc) is 2.83. The van der Waals surface area contributed by atoms with Crippen molar-refractivity contribution in [2.75, 3.05) is 5.32 Å². The Labute approximate surface area is 129 Å². The van der Waals surface area contributed by atoms with Crippen LogP contribution in [-0.4, -0.2) is 20.7 Å². The van der Waals surface area contributed by atoms with E-state index in [4.69, 9.17) is 0 Å². The third-order valence-corrected chi connectivity index (χ3v) is 4.75. The number of rotatable bonds is 4. The van der Waals surface area contributed by atoms with Gasteiger partial charge in [-0.05, 0) is 39.7 Å². The number of hydrogen-bond acceptors (Lipinski definition) is 4. The lowest BCUT2D eigenvalue weighted by molar-refractivity contribution is -0.119. The quantitative estimate of drug-likeness (QED) is 0.945. The number of nitrogens with one attached hydrogen (secondary N) is 1. The largest absolute Gasteiger partial charge is 0.316 e. The summed E-state index contributed by atoms with van der Waals surface area (Å²) < 4.78 is 1.87. The van der Waals surface area contributed by atoms with Gasteiger partial charge in [-0.25, -0.2) is 4.98 Å². The van der Waals surface area contributed by atoms with Crippen LogP contribution in [0.5, 0.6) is 0 Å². The molecule has 0 radical (unpaired) electrons. The zero-order valence-corrected chi connectivity index (χ0v) is 14.3.